The monoisotopic (exact) mass is 389 g/mol. The van der Waals surface area contributed by atoms with Crippen molar-refractivity contribution >= 4 is 45.8 Å². The van der Waals surface area contributed by atoms with Crippen LogP contribution in [0.15, 0.2) is 39.8 Å². The average Bonchev–Trinajstić information content (AvgIpc) is 3.42. The Hall–Kier alpha value is -2.03. The molecule has 8 heteroatoms. The van der Waals surface area contributed by atoms with Crippen molar-refractivity contribution in [2.24, 2.45) is 0 Å². The molecule has 0 saturated carbocycles. The maximum absolute atomic E-state index is 12.7. The second-order valence-corrected chi connectivity index (χ2v) is 8.23. The lowest BCUT2D eigenvalue weighted by Crippen LogP contribution is -2.50. The van der Waals surface area contributed by atoms with Crippen molar-refractivity contribution in [2.75, 3.05) is 26.2 Å². The molecule has 0 aromatic carbocycles. The molecule has 128 valence electrons. The van der Waals surface area contributed by atoms with Crippen molar-refractivity contribution in [2.45, 2.75) is 0 Å². The van der Waals surface area contributed by atoms with E-state index in [4.69, 9.17) is 0 Å². The van der Waals surface area contributed by atoms with Gasteiger partial charge in [-0.15, -0.1) is 11.3 Å². The first-order valence-corrected chi connectivity index (χ1v) is 10.5. The number of carbonyl (C=O) groups is 2. The van der Waals surface area contributed by atoms with Crippen LogP contribution in [0.2, 0.25) is 0 Å². The molecule has 4 rings (SSSR count). The molecule has 0 atom stereocenters. The maximum atomic E-state index is 12.7. The Morgan fingerprint density at radius 2 is 1.60 bits per heavy atom. The van der Waals surface area contributed by atoms with Crippen LogP contribution in [0, 0.1) is 0 Å². The Balaban J connectivity index is 1.39. The molecule has 1 saturated heterocycles. The average molecular weight is 390 g/mol. The molecule has 25 heavy (non-hydrogen) atoms. The summed E-state index contributed by atoms with van der Waals surface area (Å²) in [4.78, 5) is 33.7. The quantitative estimate of drug-likeness (QED) is 0.689. The summed E-state index contributed by atoms with van der Waals surface area (Å²) in [5.74, 6) is 0.0486. The molecule has 1 aliphatic rings. The number of hydrogen-bond acceptors (Lipinski definition) is 6. The largest absolute Gasteiger partial charge is 0.335 e. The number of thiazole rings is 1. The number of nitrogens with zero attached hydrogens (tertiary/aromatic N) is 3. The minimum absolute atomic E-state index is 0.00149. The normalized spacial score (nSPS) is 14.7. The summed E-state index contributed by atoms with van der Waals surface area (Å²) in [6.45, 7) is 2.24. The zero-order chi connectivity index (χ0) is 17.2. The highest BCUT2D eigenvalue weighted by Crippen LogP contribution is 2.27. The fourth-order valence-electron chi connectivity index (χ4n) is 2.73. The summed E-state index contributed by atoms with van der Waals surface area (Å²) >= 11 is 4.56. The summed E-state index contributed by atoms with van der Waals surface area (Å²) in [6.07, 6.45) is 1.66. The number of rotatable bonds is 3. The lowest BCUT2D eigenvalue weighted by molar-refractivity contribution is 0.0538. The molecule has 0 radical (unpaired) electrons. The molecule has 0 spiro atoms. The molecule has 3 aromatic rings. The fraction of sp³-hybridized carbons (Fsp3) is 0.235. The third-order valence-corrected chi connectivity index (χ3v) is 6.51. The van der Waals surface area contributed by atoms with Gasteiger partial charge >= 0.3 is 0 Å². The van der Waals surface area contributed by atoms with Crippen molar-refractivity contribution in [3.8, 4) is 10.6 Å². The van der Waals surface area contributed by atoms with Gasteiger partial charge in [0.05, 0.1) is 11.8 Å². The third-order valence-electron chi connectivity index (χ3n) is 4.11. The van der Waals surface area contributed by atoms with Gasteiger partial charge in [0.2, 0.25) is 0 Å². The molecule has 1 aliphatic heterocycles. The Kier molecular flexibility index (Phi) is 4.65. The molecular formula is C17H15N3O2S3. The lowest BCUT2D eigenvalue weighted by atomic mass is 10.2. The van der Waals surface area contributed by atoms with E-state index >= 15 is 0 Å². The number of hydrogen-bond donors (Lipinski definition) is 0. The molecule has 0 bridgehead atoms. The third kappa shape index (κ3) is 3.37. The van der Waals surface area contributed by atoms with Crippen molar-refractivity contribution < 1.29 is 9.59 Å². The smallest absolute Gasteiger partial charge is 0.265 e. The van der Waals surface area contributed by atoms with Crippen molar-refractivity contribution in [3.63, 3.8) is 0 Å². The zero-order valence-electron chi connectivity index (χ0n) is 13.3. The van der Waals surface area contributed by atoms with E-state index < -0.39 is 0 Å². The van der Waals surface area contributed by atoms with Crippen LogP contribution in [0.4, 0.5) is 0 Å². The SMILES string of the molecule is O=C(c1ccsc1)N1CCN(C(=O)c2cnc(-c3ccsc3)s2)CC1. The molecule has 5 nitrogen and oxygen atoms in total. The Morgan fingerprint density at radius 3 is 2.24 bits per heavy atom. The van der Waals surface area contributed by atoms with Gasteiger partial charge in [-0.3, -0.25) is 9.59 Å². The van der Waals surface area contributed by atoms with Gasteiger partial charge in [-0.25, -0.2) is 4.98 Å². The summed E-state index contributed by atoms with van der Waals surface area (Å²) in [5.41, 5.74) is 1.79. The van der Waals surface area contributed by atoms with E-state index in [1.54, 1.807) is 17.5 Å². The van der Waals surface area contributed by atoms with E-state index in [1.807, 2.05) is 43.5 Å². The second kappa shape index (κ2) is 7.07. The van der Waals surface area contributed by atoms with Gasteiger partial charge in [-0.2, -0.15) is 22.7 Å². The number of amides is 2. The number of aromatic nitrogens is 1. The molecule has 3 aromatic heterocycles. The van der Waals surface area contributed by atoms with E-state index in [-0.39, 0.29) is 11.8 Å². The first-order valence-electron chi connectivity index (χ1n) is 7.81. The van der Waals surface area contributed by atoms with Gasteiger partial charge in [-0.1, -0.05) is 0 Å². The van der Waals surface area contributed by atoms with Gasteiger partial charge in [0.15, 0.2) is 0 Å². The number of thiophene rings is 2. The molecule has 2 amide bonds. The molecule has 1 fully saturated rings. The summed E-state index contributed by atoms with van der Waals surface area (Å²) in [7, 11) is 0. The summed E-state index contributed by atoms with van der Waals surface area (Å²) in [6, 6.07) is 3.85. The first kappa shape index (κ1) is 16.4. The van der Waals surface area contributed by atoms with Gasteiger partial charge in [0.25, 0.3) is 11.8 Å². The second-order valence-electron chi connectivity index (χ2n) is 5.64. The van der Waals surface area contributed by atoms with Crippen LogP contribution in [0.1, 0.15) is 20.0 Å². The number of piperazine rings is 1. The van der Waals surface area contributed by atoms with Crippen LogP contribution < -0.4 is 0 Å². The standard InChI is InChI=1S/C17H15N3O2S3/c21-16(13-2-8-24-11-13)19-3-5-20(6-4-19)17(22)14-9-18-15(25-14)12-1-7-23-10-12/h1-2,7-11H,3-6H2. The predicted octanol–water partition coefficient (Wildman–Crippen LogP) is 3.53. The molecular weight excluding hydrogens is 374 g/mol. The van der Waals surface area contributed by atoms with Crippen LogP contribution in [0.3, 0.4) is 0 Å². The Bertz CT molecular complexity index is 863. The van der Waals surface area contributed by atoms with E-state index in [2.05, 4.69) is 4.98 Å². The van der Waals surface area contributed by atoms with Crippen LogP contribution in [0.5, 0.6) is 0 Å². The molecule has 4 heterocycles. The molecule has 0 aliphatic carbocycles. The fourth-order valence-corrected chi connectivity index (χ4v) is 4.96. The Morgan fingerprint density at radius 1 is 0.920 bits per heavy atom. The molecule has 0 N–H and O–H groups in total. The summed E-state index contributed by atoms with van der Waals surface area (Å²) in [5, 5.41) is 8.67. The van der Waals surface area contributed by atoms with Gasteiger partial charge in [0.1, 0.15) is 9.88 Å². The minimum atomic E-state index is 0.00149. The van der Waals surface area contributed by atoms with Gasteiger partial charge < -0.3 is 9.80 Å². The predicted molar refractivity (Wildman–Crippen MR) is 102 cm³/mol. The van der Waals surface area contributed by atoms with Gasteiger partial charge in [0, 0.05) is 42.5 Å². The maximum Gasteiger partial charge on any atom is 0.265 e. The van der Waals surface area contributed by atoms with Gasteiger partial charge in [-0.05, 0) is 22.9 Å². The van der Waals surface area contributed by atoms with Crippen LogP contribution in [-0.2, 0) is 0 Å². The summed E-state index contributed by atoms with van der Waals surface area (Å²) < 4.78 is 0. The highest BCUT2D eigenvalue weighted by Gasteiger charge is 2.26. The van der Waals surface area contributed by atoms with E-state index in [9.17, 15) is 9.59 Å². The zero-order valence-corrected chi connectivity index (χ0v) is 15.7. The van der Waals surface area contributed by atoms with E-state index in [0.29, 0.717) is 31.1 Å². The van der Waals surface area contributed by atoms with Crippen molar-refractivity contribution in [1.29, 1.82) is 0 Å². The Labute approximate surface area is 157 Å². The highest BCUT2D eigenvalue weighted by molar-refractivity contribution is 7.17. The lowest BCUT2D eigenvalue weighted by Gasteiger charge is -2.34. The molecule has 0 unspecified atom stereocenters. The highest BCUT2D eigenvalue weighted by atomic mass is 32.1. The van der Waals surface area contributed by atoms with Crippen LogP contribution in [0.25, 0.3) is 10.6 Å². The minimum Gasteiger partial charge on any atom is -0.335 e. The first-order chi connectivity index (χ1) is 12.2. The van der Waals surface area contributed by atoms with Crippen LogP contribution >= 0.6 is 34.0 Å². The topological polar surface area (TPSA) is 53.5 Å². The van der Waals surface area contributed by atoms with Crippen molar-refractivity contribution in [3.05, 3.63) is 50.3 Å². The van der Waals surface area contributed by atoms with E-state index in [0.717, 1.165) is 16.1 Å². The van der Waals surface area contributed by atoms with Crippen molar-refractivity contribution in [1.82, 2.24) is 14.8 Å². The number of carbonyl (C=O) groups excluding carboxylic acids is 2. The van der Waals surface area contributed by atoms with E-state index in [1.165, 1.54) is 22.7 Å². The van der Waals surface area contributed by atoms with Crippen LogP contribution in [-0.4, -0.2) is 52.8 Å².